The van der Waals surface area contributed by atoms with Gasteiger partial charge in [0.05, 0.1) is 6.10 Å². The Morgan fingerprint density at radius 1 is 1.35 bits per heavy atom. The maximum Gasteiger partial charge on any atom is 0.249 e. The molecular weight excluding hydrogens is 256 g/mol. The van der Waals surface area contributed by atoms with Gasteiger partial charge in [-0.25, -0.2) is 0 Å². The summed E-state index contributed by atoms with van der Waals surface area (Å²) in [7, 11) is 0. The third kappa shape index (κ3) is 2.22. The van der Waals surface area contributed by atoms with Crippen molar-refractivity contribution in [3.8, 4) is 0 Å². The fourth-order valence-corrected chi connectivity index (χ4v) is 3.54. The highest BCUT2D eigenvalue weighted by Gasteiger charge is 2.55. The van der Waals surface area contributed by atoms with Gasteiger partial charge in [0.25, 0.3) is 0 Å². The maximum atomic E-state index is 12.9. The maximum absolute atomic E-state index is 12.9. The van der Waals surface area contributed by atoms with E-state index in [9.17, 15) is 9.59 Å². The molecule has 3 fully saturated rings. The van der Waals surface area contributed by atoms with Crippen molar-refractivity contribution < 1.29 is 14.3 Å². The molecule has 1 aliphatic carbocycles. The van der Waals surface area contributed by atoms with Crippen LogP contribution >= 0.6 is 0 Å². The first-order valence-electron chi connectivity index (χ1n) is 7.81. The number of ether oxygens (including phenoxy) is 1. The van der Waals surface area contributed by atoms with Crippen molar-refractivity contribution in [1.82, 2.24) is 10.2 Å². The zero-order valence-corrected chi connectivity index (χ0v) is 12.4. The second-order valence-electron chi connectivity index (χ2n) is 6.48. The summed E-state index contributed by atoms with van der Waals surface area (Å²) in [5.41, 5.74) is -0.693. The van der Waals surface area contributed by atoms with E-state index >= 15 is 0 Å². The predicted octanol–water partition coefficient (Wildman–Crippen LogP) is 1.07. The molecule has 5 nitrogen and oxygen atoms in total. The minimum Gasteiger partial charge on any atom is -0.376 e. The molecule has 0 aromatic rings. The second kappa shape index (κ2) is 5.02. The lowest BCUT2D eigenvalue weighted by Gasteiger charge is -2.45. The number of nitrogens with one attached hydrogen (secondary N) is 1. The summed E-state index contributed by atoms with van der Waals surface area (Å²) in [5, 5.41) is 2.99. The predicted molar refractivity (Wildman–Crippen MR) is 74.0 cm³/mol. The zero-order chi connectivity index (χ0) is 14.3. The SMILES string of the molecule is CCC1C(=O)NC(C)(C2CC2)C(=O)N1CC1CCCO1. The van der Waals surface area contributed by atoms with Crippen LogP contribution in [0, 0.1) is 5.92 Å². The van der Waals surface area contributed by atoms with Crippen LogP contribution in [0.25, 0.3) is 0 Å². The quantitative estimate of drug-likeness (QED) is 0.838. The molecular formula is C15H24N2O3. The fraction of sp³-hybridized carbons (Fsp3) is 0.867. The van der Waals surface area contributed by atoms with Crippen LogP contribution in [0.3, 0.4) is 0 Å². The number of rotatable bonds is 4. The van der Waals surface area contributed by atoms with Crippen LogP contribution < -0.4 is 5.32 Å². The zero-order valence-electron chi connectivity index (χ0n) is 12.4. The molecule has 3 atom stereocenters. The molecule has 0 aromatic heterocycles. The van der Waals surface area contributed by atoms with Crippen LogP contribution in [0.1, 0.15) is 46.0 Å². The largest absolute Gasteiger partial charge is 0.376 e. The highest BCUT2D eigenvalue weighted by Crippen LogP contribution is 2.42. The van der Waals surface area contributed by atoms with Crippen molar-refractivity contribution >= 4 is 11.8 Å². The van der Waals surface area contributed by atoms with E-state index in [1.807, 2.05) is 13.8 Å². The van der Waals surface area contributed by atoms with Gasteiger partial charge in [-0.3, -0.25) is 9.59 Å². The van der Waals surface area contributed by atoms with Gasteiger partial charge < -0.3 is 15.0 Å². The molecule has 3 rings (SSSR count). The van der Waals surface area contributed by atoms with Crippen LogP contribution in [0.4, 0.5) is 0 Å². The number of carbonyl (C=O) groups excluding carboxylic acids is 2. The Bertz CT molecular complexity index is 415. The minimum absolute atomic E-state index is 0.000466. The summed E-state index contributed by atoms with van der Waals surface area (Å²) in [5.74, 6) is 0.394. The molecule has 2 heterocycles. The Labute approximate surface area is 120 Å². The first-order valence-corrected chi connectivity index (χ1v) is 7.81. The molecule has 5 heteroatoms. The van der Waals surface area contributed by atoms with E-state index in [1.54, 1.807) is 4.90 Å². The molecule has 3 unspecified atom stereocenters. The Morgan fingerprint density at radius 2 is 2.10 bits per heavy atom. The number of hydrogen-bond donors (Lipinski definition) is 1. The first kappa shape index (κ1) is 13.9. The third-order valence-electron chi connectivity index (χ3n) is 4.97. The standard InChI is InChI=1S/C15H24N2O3/c1-3-12-13(18)16-15(2,10-6-7-10)14(19)17(12)9-11-5-4-8-20-11/h10-12H,3-9H2,1-2H3,(H,16,18). The Hall–Kier alpha value is -1.10. The summed E-state index contributed by atoms with van der Waals surface area (Å²) in [6.07, 6.45) is 4.87. The summed E-state index contributed by atoms with van der Waals surface area (Å²) >= 11 is 0. The van der Waals surface area contributed by atoms with E-state index in [1.165, 1.54) is 0 Å². The van der Waals surface area contributed by atoms with Crippen molar-refractivity contribution in [2.75, 3.05) is 13.2 Å². The fourth-order valence-electron chi connectivity index (χ4n) is 3.54. The van der Waals surface area contributed by atoms with Crippen molar-refractivity contribution in [2.24, 2.45) is 5.92 Å². The van der Waals surface area contributed by atoms with Crippen LogP contribution in [0.15, 0.2) is 0 Å². The number of hydrogen-bond acceptors (Lipinski definition) is 3. The normalized spacial score (nSPS) is 38.2. The molecule has 1 N–H and O–H groups in total. The van der Waals surface area contributed by atoms with Crippen molar-refractivity contribution in [3.63, 3.8) is 0 Å². The first-order chi connectivity index (χ1) is 9.56. The second-order valence-corrected chi connectivity index (χ2v) is 6.48. The smallest absolute Gasteiger partial charge is 0.249 e. The van der Waals surface area contributed by atoms with Gasteiger partial charge in [0.15, 0.2) is 0 Å². The molecule has 0 spiro atoms. The molecule has 112 valence electrons. The lowest BCUT2D eigenvalue weighted by atomic mass is 9.88. The van der Waals surface area contributed by atoms with Crippen LogP contribution in [0.5, 0.6) is 0 Å². The molecule has 2 amide bonds. The number of nitrogens with zero attached hydrogens (tertiary/aromatic N) is 1. The van der Waals surface area contributed by atoms with Gasteiger partial charge in [-0.15, -0.1) is 0 Å². The van der Waals surface area contributed by atoms with Crippen LogP contribution in [0.2, 0.25) is 0 Å². The number of piperazine rings is 1. The highest BCUT2D eigenvalue weighted by molar-refractivity contribution is 6.00. The third-order valence-corrected chi connectivity index (χ3v) is 4.97. The number of carbonyl (C=O) groups is 2. The van der Waals surface area contributed by atoms with E-state index < -0.39 is 5.54 Å². The summed E-state index contributed by atoms with van der Waals surface area (Å²) in [6, 6.07) is -0.335. The molecule has 0 bridgehead atoms. The van der Waals surface area contributed by atoms with E-state index in [-0.39, 0.29) is 24.0 Å². The molecule has 0 radical (unpaired) electrons. The Morgan fingerprint density at radius 3 is 2.65 bits per heavy atom. The molecule has 2 saturated heterocycles. The van der Waals surface area contributed by atoms with E-state index in [0.717, 1.165) is 32.3 Å². The van der Waals surface area contributed by atoms with Crippen molar-refractivity contribution in [3.05, 3.63) is 0 Å². The van der Waals surface area contributed by atoms with Gasteiger partial charge >= 0.3 is 0 Å². The average molecular weight is 280 g/mol. The van der Waals surface area contributed by atoms with Gasteiger partial charge in [-0.1, -0.05) is 6.92 Å². The summed E-state index contributed by atoms with van der Waals surface area (Å²) in [6.45, 7) is 5.18. The monoisotopic (exact) mass is 280 g/mol. The van der Waals surface area contributed by atoms with Gasteiger partial charge in [0.2, 0.25) is 11.8 Å². The van der Waals surface area contributed by atoms with Gasteiger partial charge in [0, 0.05) is 13.2 Å². The van der Waals surface area contributed by atoms with Gasteiger partial charge in [-0.2, -0.15) is 0 Å². The van der Waals surface area contributed by atoms with Crippen LogP contribution in [-0.4, -0.2) is 47.6 Å². The van der Waals surface area contributed by atoms with E-state index in [2.05, 4.69) is 5.32 Å². The van der Waals surface area contributed by atoms with Crippen molar-refractivity contribution in [1.29, 1.82) is 0 Å². The lowest BCUT2D eigenvalue weighted by molar-refractivity contribution is -0.157. The Kier molecular flexibility index (Phi) is 3.48. The molecule has 1 saturated carbocycles. The van der Waals surface area contributed by atoms with Gasteiger partial charge in [0.1, 0.15) is 11.6 Å². The Balaban J connectivity index is 1.81. The van der Waals surface area contributed by atoms with Gasteiger partial charge in [-0.05, 0) is 44.9 Å². The van der Waals surface area contributed by atoms with E-state index in [4.69, 9.17) is 4.74 Å². The average Bonchev–Trinajstić information content (AvgIpc) is 3.16. The minimum atomic E-state index is -0.693. The molecule has 20 heavy (non-hydrogen) atoms. The highest BCUT2D eigenvalue weighted by atomic mass is 16.5. The molecule has 2 aliphatic heterocycles. The summed E-state index contributed by atoms with van der Waals surface area (Å²) < 4.78 is 5.65. The lowest BCUT2D eigenvalue weighted by Crippen LogP contribution is -2.70. The number of amides is 2. The van der Waals surface area contributed by atoms with Crippen molar-refractivity contribution in [2.45, 2.75) is 63.6 Å². The van der Waals surface area contributed by atoms with Crippen LogP contribution in [-0.2, 0) is 14.3 Å². The molecule has 0 aromatic carbocycles. The van der Waals surface area contributed by atoms with E-state index in [0.29, 0.717) is 18.9 Å². The summed E-state index contributed by atoms with van der Waals surface area (Å²) in [4.78, 5) is 27.0. The molecule has 3 aliphatic rings. The topological polar surface area (TPSA) is 58.6 Å².